The summed E-state index contributed by atoms with van der Waals surface area (Å²) >= 11 is 3.24. The first kappa shape index (κ1) is 14.5. The van der Waals surface area contributed by atoms with Crippen molar-refractivity contribution in [2.75, 3.05) is 11.9 Å². The molecule has 0 spiro atoms. The molecule has 1 N–H and O–H groups in total. The van der Waals surface area contributed by atoms with E-state index in [9.17, 15) is 9.90 Å². The lowest BCUT2D eigenvalue weighted by Crippen LogP contribution is -2.20. The molecule has 20 heavy (non-hydrogen) atoms. The molecule has 1 aromatic carbocycles. The fourth-order valence-corrected chi connectivity index (χ4v) is 2.27. The Balaban J connectivity index is 2.27. The van der Waals surface area contributed by atoms with Gasteiger partial charge in [-0.25, -0.2) is 9.78 Å². The van der Waals surface area contributed by atoms with Gasteiger partial charge in [-0.1, -0.05) is 29.8 Å². The number of aromatic carboxylic acids is 1. The molecule has 0 saturated carbocycles. The Morgan fingerprint density at radius 3 is 2.60 bits per heavy atom. The SMILES string of the molecule is Cc1ccc(CN(C)c2ncc(Br)cc2C(=O)O)cc1. The maximum Gasteiger partial charge on any atom is 0.339 e. The lowest BCUT2D eigenvalue weighted by atomic mass is 10.1. The third-order valence-electron chi connectivity index (χ3n) is 2.97. The van der Waals surface area contributed by atoms with Crippen LogP contribution in [0.2, 0.25) is 0 Å². The van der Waals surface area contributed by atoms with Gasteiger partial charge in [-0.3, -0.25) is 0 Å². The van der Waals surface area contributed by atoms with Gasteiger partial charge in [0.2, 0.25) is 0 Å². The Morgan fingerprint density at radius 1 is 1.35 bits per heavy atom. The Hall–Kier alpha value is -1.88. The number of halogens is 1. The van der Waals surface area contributed by atoms with Crippen molar-refractivity contribution in [1.29, 1.82) is 0 Å². The van der Waals surface area contributed by atoms with Crippen LogP contribution in [-0.2, 0) is 6.54 Å². The smallest absolute Gasteiger partial charge is 0.339 e. The summed E-state index contributed by atoms with van der Waals surface area (Å²) in [4.78, 5) is 17.3. The quantitative estimate of drug-likeness (QED) is 0.929. The molecule has 104 valence electrons. The summed E-state index contributed by atoms with van der Waals surface area (Å²) in [6, 6.07) is 9.71. The third-order valence-corrected chi connectivity index (χ3v) is 3.40. The molecule has 2 aromatic rings. The van der Waals surface area contributed by atoms with Crippen LogP contribution in [0.25, 0.3) is 0 Å². The highest BCUT2D eigenvalue weighted by atomic mass is 79.9. The van der Waals surface area contributed by atoms with E-state index < -0.39 is 5.97 Å². The summed E-state index contributed by atoms with van der Waals surface area (Å²) in [7, 11) is 1.84. The molecule has 0 bridgehead atoms. The number of pyridine rings is 1. The molecule has 5 heteroatoms. The van der Waals surface area contributed by atoms with Crippen LogP contribution in [0.4, 0.5) is 5.82 Å². The Morgan fingerprint density at radius 2 is 2.00 bits per heavy atom. The maximum absolute atomic E-state index is 11.3. The van der Waals surface area contributed by atoms with Crippen molar-refractivity contribution >= 4 is 27.7 Å². The number of carbonyl (C=O) groups is 1. The average Bonchev–Trinajstić information content (AvgIpc) is 2.41. The zero-order valence-corrected chi connectivity index (χ0v) is 12.9. The van der Waals surface area contributed by atoms with Crippen molar-refractivity contribution in [1.82, 2.24) is 4.98 Å². The fourth-order valence-electron chi connectivity index (χ4n) is 1.94. The van der Waals surface area contributed by atoms with E-state index in [4.69, 9.17) is 0 Å². The highest BCUT2D eigenvalue weighted by molar-refractivity contribution is 9.10. The van der Waals surface area contributed by atoms with Crippen LogP contribution in [-0.4, -0.2) is 23.1 Å². The van der Waals surface area contributed by atoms with E-state index in [2.05, 4.69) is 20.9 Å². The summed E-state index contributed by atoms with van der Waals surface area (Å²) in [5.74, 6) is -0.522. The zero-order chi connectivity index (χ0) is 14.7. The van der Waals surface area contributed by atoms with Crippen molar-refractivity contribution < 1.29 is 9.90 Å². The van der Waals surface area contributed by atoms with Crippen molar-refractivity contribution in [2.45, 2.75) is 13.5 Å². The standard InChI is InChI=1S/C15H15BrN2O2/c1-10-3-5-11(6-4-10)9-18(2)14-13(15(19)20)7-12(16)8-17-14/h3-8H,9H2,1-2H3,(H,19,20). The van der Waals surface area contributed by atoms with Crippen LogP contribution in [0.1, 0.15) is 21.5 Å². The molecule has 0 aliphatic rings. The van der Waals surface area contributed by atoms with Gasteiger partial charge in [-0.15, -0.1) is 0 Å². The number of rotatable bonds is 4. The van der Waals surface area contributed by atoms with Crippen molar-refractivity contribution in [3.05, 3.63) is 57.7 Å². The van der Waals surface area contributed by atoms with Gasteiger partial charge in [-0.05, 0) is 34.5 Å². The number of anilines is 1. The minimum Gasteiger partial charge on any atom is -0.478 e. The van der Waals surface area contributed by atoms with Crippen LogP contribution in [0.5, 0.6) is 0 Å². The molecule has 4 nitrogen and oxygen atoms in total. The van der Waals surface area contributed by atoms with Crippen LogP contribution in [0, 0.1) is 6.92 Å². The number of hydrogen-bond acceptors (Lipinski definition) is 3. The second-order valence-electron chi connectivity index (χ2n) is 4.67. The molecule has 2 rings (SSSR count). The Labute approximate surface area is 126 Å². The highest BCUT2D eigenvalue weighted by Gasteiger charge is 2.15. The first-order valence-corrected chi connectivity index (χ1v) is 6.92. The molecule has 1 aromatic heterocycles. The molecular weight excluding hydrogens is 320 g/mol. The van der Waals surface area contributed by atoms with Gasteiger partial charge in [0.15, 0.2) is 0 Å². The summed E-state index contributed by atoms with van der Waals surface area (Å²) in [5.41, 5.74) is 2.50. The number of aromatic nitrogens is 1. The summed E-state index contributed by atoms with van der Waals surface area (Å²) in [6.07, 6.45) is 1.60. The summed E-state index contributed by atoms with van der Waals surface area (Å²) in [5, 5.41) is 9.25. The number of hydrogen-bond donors (Lipinski definition) is 1. The first-order chi connectivity index (χ1) is 9.47. The largest absolute Gasteiger partial charge is 0.478 e. The normalized spacial score (nSPS) is 10.3. The second-order valence-corrected chi connectivity index (χ2v) is 5.59. The lowest BCUT2D eigenvalue weighted by Gasteiger charge is -2.20. The van der Waals surface area contributed by atoms with Gasteiger partial charge >= 0.3 is 5.97 Å². The number of nitrogens with zero attached hydrogens (tertiary/aromatic N) is 2. The number of carboxylic acids is 1. The summed E-state index contributed by atoms with van der Waals surface area (Å²) in [6.45, 7) is 2.64. The molecular formula is C15H15BrN2O2. The molecule has 0 atom stereocenters. The fraction of sp³-hybridized carbons (Fsp3) is 0.200. The number of carboxylic acid groups (broad SMARTS) is 1. The van der Waals surface area contributed by atoms with Gasteiger partial charge in [0.25, 0.3) is 0 Å². The van der Waals surface area contributed by atoms with E-state index in [1.54, 1.807) is 12.3 Å². The van der Waals surface area contributed by atoms with Gasteiger partial charge in [-0.2, -0.15) is 0 Å². The highest BCUT2D eigenvalue weighted by Crippen LogP contribution is 2.22. The minimum absolute atomic E-state index is 0.189. The molecule has 0 aliphatic carbocycles. The summed E-state index contributed by atoms with van der Waals surface area (Å²) < 4.78 is 0.655. The van der Waals surface area contributed by atoms with E-state index in [0.717, 1.165) is 5.56 Å². The molecule has 0 aliphatic heterocycles. The van der Waals surface area contributed by atoms with E-state index in [-0.39, 0.29) is 5.56 Å². The molecule has 1 heterocycles. The maximum atomic E-state index is 11.3. The van der Waals surface area contributed by atoms with Crippen molar-refractivity contribution in [2.24, 2.45) is 0 Å². The van der Waals surface area contributed by atoms with Crippen molar-refractivity contribution in [3.8, 4) is 0 Å². The van der Waals surface area contributed by atoms with Gasteiger partial charge in [0.1, 0.15) is 11.4 Å². The molecule has 0 fully saturated rings. The number of benzene rings is 1. The zero-order valence-electron chi connectivity index (χ0n) is 11.3. The molecule has 0 radical (unpaired) electrons. The van der Waals surface area contributed by atoms with Crippen molar-refractivity contribution in [3.63, 3.8) is 0 Å². The van der Waals surface area contributed by atoms with Gasteiger partial charge in [0.05, 0.1) is 0 Å². The van der Waals surface area contributed by atoms with Gasteiger partial charge in [0, 0.05) is 24.3 Å². The predicted molar refractivity (Wildman–Crippen MR) is 82.2 cm³/mol. The third kappa shape index (κ3) is 3.36. The van der Waals surface area contributed by atoms with Crippen LogP contribution >= 0.6 is 15.9 Å². The van der Waals surface area contributed by atoms with Crippen LogP contribution in [0.3, 0.4) is 0 Å². The Bertz CT molecular complexity index is 626. The number of aryl methyl sites for hydroxylation is 1. The molecule has 0 unspecified atom stereocenters. The first-order valence-electron chi connectivity index (χ1n) is 6.13. The van der Waals surface area contributed by atoms with Gasteiger partial charge < -0.3 is 10.0 Å². The average molecular weight is 335 g/mol. The molecule has 0 saturated heterocycles. The van der Waals surface area contributed by atoms with E-state index in [0.29, 0.717) is 16.8 Å². The van der Waals surface area contributed by atoms with E-state index in [1.165, 1.54) is 5.56 Å². The van der Waals surface area contributed by atoms with Crippen LogP contribution in [0.15, 0.2) is 41.0 Å². The monoisotopic (exact) mass is 334 g/mol. The van der Waals surface area contributed by atoms with E-state index in [1.807, 2.05) is 43.1 Å². The lowest BCUT2D eigenvalue weighted by molar-refractivity contribution is 0.0697. The predicted octanol–water partition coefficient (Wildman–Crippen LogP) is 3.49. The van der Waals surface area contributed by atoms with E-state index >= 15 is 0 Å². The van der Waals surface area contributed by atoms with Crippen LogP contribution < -0.4 is 4.90 Å². The second kappa shape index (κ2) is 6.05. The topological polar surface area (TPSA) is 53.4 Å². The molecule has 0 amide bonds. The minimum atomic E-state index is -0.982. The Kier molecular flexibility index (Phi) is 4.39.